The Bertz CT molecular complexity index is 299. The van der Waals surface area contributed by atoms with Crippen LogP contribution in [0.3, 0.4) is 0 Å². The van der Waals surface area contributed by atoms with Crippen molar-refractivity contribution in [3.05, 3.63) is 0 Å². The van der Waals surface area contributed by atoms with Crippen LogP contribution in [-0.4, -0.2) is 25.5 Å². The van der Waals surface area contributed by atoms with Gasteiger partial charge in [-0.3, -0.25) is 4.79 Å². The summed E-state index contributed by atoms with van der Waals surface area (Å²) in [7, 11) is 0. The first-order valence-corrected chi connectivity index (χ1v) is 7.51. The van der Waals surface area contributed by atoms with Gasteiger partial charge in [-0.25, -0.2) is 0 Å². The molecule has 2 N–H and O–H groups in total. The summed E-state index contributed by atoms with van der Waals surface area (Å²) in [5, 5.41) is 6.45. The molecular formula is C15H29ClN2O. The van der Waals surface area contributed by atoms with Crippen LogP contribution in [0.4, 0.5) is 0 Å². The van der Waals surface area contributed by atoms with Gasteiger partial charge in [0.2, 0.25) is 5.91 Å². The van der Waals surface area contributed by atoms with Crippen LogP contribution >= 0.6 is 12.4 Å². The van der Waals surface area contributed by atoms with Crippen molar-refractivity contribution in [1.82, 2.24) is 10.6 Å². The molecule has 1 heterocycles. The lowest BCUT2D eigenvalue weighted by Gasteiger charge is -2.44. The predicted octanol–water partition coefficient (Wildman–Crippen LogP) is 2.60. The molecule has 3 nitrogen and oxygen atoms in total. The number of carbonyl (C=O) groups is 1. The normalized spacial score (nSPS) is 22.9. The summed E-state index contributed by atoms with van der Waals surface area (Å²) in [5.41, 5.74) is 0.418. The minimum atomic E-state index is 0. The number of hydrogen-bond acceptors (Lipinski definition) is 2. The molecular weight excluding hydrogens is 260 g/mol. The zero-order chi connectivity index (χ0) is 13.2. The Morgan fingerprint density at radius 3 is 2.32 bits per heavy atom. The van der Waals surface area contributed by atoms with E-state index in [9.17, 15) is 4.79 Å². The molecule has 4 heteroatoms. The number of hydrogen-bond donors (Lipinski definition) is 2. The largest absolute Gasteiger partial charge is 0.355 e. The molecule has 0 aromatic carbocycles. The molecule has 112 valence electrons. The standard InChI is InChI=1S/C15H28N2O.ClH/c1-11(2)7-15(5-4-6-15)10-17-14(18)12(3)13-8-16-9-13;/h11-13,16H,4-10H2,1-3H3,(H,17,18);1H. The zero-order valence-electron chi connectivity index (χ0n) is 12.5. The van der Waals surface area contributed by atoms with Crippen LogP contribution in [-0.2, 0) is 4.79 Å². The molecule has 0 spiro atoms. The summed E-state index contributed by atoms with van der Waals surface area (Å²) in [6, 6.07) is 0. The topological polar surface area (TPSA) is 41.1 Å². The summed E-state index contributed by atoms with van der Waals surface area (Å²) in [6.45, 7) is 9.54. The second kappa shape index (κ2) is 6.94. The van der Waals surface area contributed by atoms with Crippen molar-refractivity contribution in [2.45, 2.75) is 46.5 Å². The van der Waals surface area contributed by atoms with Gasteiger partial charge in [-0.15, -0.1) is 12.4 Å². The Balaban J connectivity index is 0.00000180. The van der Waals surface area contributed by atoms with E-state index in [-0.39, 0.29) is 24.2 Å². The minimum Gasteiger partial charge on any atom is -0.355 e. The van der Waals surface area contributed by atoms with Gasteiger partial charge in [0.15, 0.2) is 0 Å². The van der Waals surface area contributed by atoms with E-state index in [0.29, 0.717) is 11.3 Å². The Kier molecular flexibility index (Phi) is 6.13. The predicted molar refractivity (Wildman–Crippen MR) is 81.5 cm³/mol. The van der Waals surface area contributed by atoms with E-state index in [1.807, 2.05) is 0 Å². The van der Waals surface area contributed by atoms with Gasteiger partial charge in [-0.1, -0.05) is 27.2 Å². The van der Waals surface area contributed by atoms with Crippen molar-refractivity contribution in [3.8, 4) is 0 Å². The summed E-state index contributed by atoms with van der Waals surface area (Å²) in [6.07, 6.45) is 5.19. The highest BCUT2D eigenvalue weighted by atomic mass is 35.5. The van der Waals surface area contributed by atoms with Crippen LogP contribution in [0.15, 0.2) is 0 Å². The quantitative estimate of drug-likeness (QED) is 0.789. The number of rotatable bonds is 6. The lowest BCUT2D eigenvalue weighted by molar-refractivity contribution is -0.127. The Morgan fingerprint density at radius 1 is 1.32 bits per heavy atom. The van der Waals surface area contributed by atoms with Crippen LogP contribution in [0.1, 0.15) is 46.5 Å². The van der Waals surface area contributed by atoms with Gasteiger partial charge in [0.1, 0.15) is 0 Å². The van der Waals surface area contributed by atoms with Crippen LogP contribution in [0.25, 0.3) is 0 Å². The first-order chi connectivity index (χ1) is 8.52. The van der Waals surface area contributed by atoms with Crippen LogP contribution in [0.2, 0.25) is 0 Å². The highest BCUT2D eigenvalue weighted by Crippen LogP contribution is 2.45. The van der Waals surface area contributed by atoms with Crippen molar-refractivity contribution < 1.29 is 4.79 Å². The Labute approximate surface area is 123 Å². The molecule has 1 unspecified atom stereocenters. The minimum absolute atomic E-state index is 0. The highest BCUT2D eigenvalue weighted by Gasteiger charge is 2.38. The summed E-state index contributed by atoms with van der Waals surface area (Å²) < 4.78 is 0. The molecule has 1 aliphatic carbocycles. The van der Waals surface area contributed by atoms with E-state index in [1.54, 1.807) is 0 Å². The summed E-state index contributed by atoms with van der Waals surface area (Å²) in [5.74, 6) is 1.71. The van der Waals surface area contributed by atoms with Crippen molar-refractivity contribution in [1.29, 1.82) is 0 Å². The monoisotopic (exact) mass is 288 g/mol. The van der Waals surface area contributed by atoms with Gasteiger partial charge in [-0.2, -0.15) is 0 Å². The molecule has 0 aromatic rings. The second-order valence-electron chi connectivity index (χ2n) is 6.88. The van der Waals surface area contributed by atoms with E-state index < -0.39 is 0 Å². The van der Waals surface area contributed by atoms with Crippen molar-refractivity contribution in [2.75, 3.05) is 19.6 Å². The maximum absolute atomic E-state index is 12.1. The maximum atomic E-state index is 12.1. The van der Waals surface area contributed by atoms with Crippen molar-refractivity contribution in [2.24, 2.45) is 23.2 Å². The summed E-state index contributed by atoms with van der Waals surface area (Å²) in [4.78, 5) is 12.1. The van der Waals surface area contributed by atoms with Crippen molar-refractivity contribution in [3.63, 3.8) is 0 Å². The van der Waals surface area contributed by atoms with Crippen LogP contribution in [0, 0.1) is 23.2 Å². The maximum Gasteiger partial charge on any atom is 0.223 e. The zero-order valence-corrected chi connectivity index (χ0v) is 13.3. The third-order valence-electron chi connectivity index (χ3n) is 4.83. The Morgan fingerprint density at radius 2 is 1.95 bits per heavy atom. The Hall–Kier alpha value is -0.280. The molecule has 1 aliphatic heterocycles. The molecule has 0 bridgehead atoms. The first-order valence-electron chi connectivity index (χ1n) is 7.51. The van der Waals surface area contributed by atoms with Gasteiger partial charge in [0, 0.05) is 12.5 Å². The smallest absolute Gasteiger partial charge is 0.223 e. The number of amides is 1. The molecule has 0 radical (unpaired) electrons. The molecule has 2 fully saturated rings. The summed E-state index contributed by atoms with van der Waals surface area (Å²) >= 11 is 0. The fraction of sp³-hybridized carbons (Fsp3) is 0.933. The lowest BCUT2D eigenvalue weighted by atomic mass is 9.64. The average molecular weight is 289 g/mol. The molecule has 2 rings (SSSR count). The highest BCUT2D eigenvalue weighted by molar-refractivity contribution is 5.85. The first kappa shape index (κ1) is 16.8. The molecule has 19 heavy (non-hydrogen) atoms. The van der Waals surface area contributed by atoms with E-state index in [1.165, 1.54) is 25.7 Å². The molecule has 1 atom stereocenters. The molecule has 1 amide bonds. The third kappa shape index (κ3) is 4.09. The SMILES string of the molecule is CC(C)CC1(CNC(=O)C(C)C2CNC2)CCC1.Cl. The third-order valence-corrected chi connectivity index (χ3v) is 4.83. The van der Waals surface area contributed by atoms with Gasteiger partial charge in [0.25, 0.3) is 0 Å². The van der Waals surface area contributed by atoms with E-state index in [2.05, 4.69) is 31.4 Å². The van der Waals surface area contributed by atoms with Crippen LogP contribution in [0.5, 0.6) is 0 Å². The van der Waals surface area contributed by atoms with Gasteiger partial charge < -0.3 is 10.6 Å². The number of nitrogens with one attached hydrogen (secondary N) is 2. The number of carbonyl (C=O) groups excluding carboxylic acids is 1. The van der Waals surface area contributed by atoms with Gasteiger partial charge >= 0.3 is 0 Å². The fourth-order valence-corrected chi connectivity index (χ4v) is 3.31. The molecule has 1 saturated carbocycles. The van der Waals surface area contributed by atoms with Crippen molar-refractivity contribution >= 4 is 18.3 Å². The van der Waals surface area contributed by atoms with Gasteiger partial charge in [-0.05, 0) is 49.6 Å². The molecule has 0 aromatic heterocycles. The number of halogens is 1. The lowest BCUT2D eigenvalue weighted by Crippen LogP contribution is -2.51. The second-order valence-corrected chi connectivity index (χ2v) is 6.88. The molecule has 1 saturated heterocycles. The van der Waals surface area contributed by atoms with E-state index in [0.717, 1.165) is 25.6 Å². The van der Waals surface area contributed by atoms with E-state index in [4.69, 9.17) is 0 Å². The van der Waals surface area contributed by atoms with Crippen LogP contribution < -0.4 is 10.6 Å². The average Bonchev–Trinajstić information content (AvgIpc) is 2.18. The fourth-order valence-electron chi connectivity index (χ4n) is 3.31. The molecule has 2 aliphatic rings. The van der Waals surface area contributed by atoms with Gasteiger partial charge in [0.05, 0.1) is 0 Å². The van der Waals surface area contributed by atoms with E-state index >= 15 is 0 Å².